The van der Waals surface area contributed by atoms with Gasteiger partial charge in [0, 0.05) is 5.56 Å². The van der Waals surface area contributed by atoms with E-state index in [1.807, 2.05) is 60.7 Å². The second kappa shape index (κ2) is 6.50. The molecule has 0 fully saturated rings. The molecule has 0 bridgehead atoms. The lowest BCUT2D eigenvalue weighted by atomic mass is 10.1. The topological polar surface area (TPSA) is 38.7 Å². The van der Waals surface area contributed by atoms with Crippen LogP contribution in [0, 0.1) is 0 Å². The molecule has 0 unspecified atom stereocenters. The van der Waals surface area contributed by atoms with Crippen LogP contribution in [0.25, 0.3) is 10.8 Å². The molecule has 0 amide bonds. The number of aliphatic hydroxyl groups excluding tert-OH is 1. The van der Waals surface area contributed by atoms with E-state index in [4.69, 9.17) is 9.47 Å². The largest absolute Gasteiger partial charge is 0.497 e. The van der Waals surface area contributed by atoms with E-state index < -0.39 is 0 Å². The lowest BCUT2D eigenvalue weighted by Gasteiger charge is -2.12. The summed E-state index contributed by atoms with van der Waals surface area (Å²) in [6.07, 6.45) is 0. The highest BCUT2D eigenvalue weighted by Crippen LogP contribution is 2.29. The molecule has 0 aliphatic rings. The van der Waals surface area contributed by atoms with Crippen LogP contribution in [0.15, 0.2) is 60.7 Å². The van der Waals surface area contributed by atoms with Crippen LogP contribution < -0.4 is 9.47 Å². The average molecular weight is 294 g/mol. The molecule has 0 spiro atoms. The minimum Gasteiger partial charge on any atom is -0.497 e. The number of aliphatic hydroxyl groups is 1. The molecule has 3 aromatic carbocycles. The van der Waals surface area contributed by atoms with Gasteiger partial charge in [0.05, 0.1) is 13.7 Å². The number of hydrogen-bond donors (Lipinski definition) is 1. The lowest BCUT2D eigenvalue weighted by Crippen LogP contribution is -1.99. The number of rotatable bonds is 5. The Bertz CT molecular complexity index is 766. The van der Waals surface area contributed by atoms with E-state index >= 15 is 0 Å². The standard InChI is InChI=1S/C19H18O3/c1-21-18-8-7-15-11-19(17(12-20)9-16(15)10-18)22-13-14-5-3-2-4-6-14/h2-11,20H,12-13H2,1H3. The van der Waals surface area contributed by atoms with Crippen molar-refractivity contribution in [1.29, 1.82) is 0 Å². The van der Waals surface area contributed by atoms with Gasteiger partial charge in [-0.05, 0) is 40.6 Å². The summed E-state index contributed by atoms with van der Waals surface area (Å²) in [7, 11) is 1.64. The summed E-state index contributed by atoms with van der Waals surface area (Å²) in [4.78, 5) is 0. The highest BCUT2D eigenvalue weighted by atomic mass is 16.5. The van der Waals surface area contributed by atoms with Crippen molar-refractivity contribution in [3.05, 3.63) is 71.8 Å². The van der Waals surface area contributed by atoms with E-state index in [9.17, 15) is 5.11 Å². The Morgan fingerprint density at radius 3 is 2.45 bits per heavy atom. The lowest BCUT2D eigenvalue weighted by molar-refractivity contribution is 0.259. The summed E-state index contributed by atoms with van der Waals surface area (Å²) >= 11 is 0. The molecule has 1 N–H and O–H groups in total. The van der Waals surface area contributed by atoms with E-state index in [2.05, 4.69) is 0 Å². The summed E-state index contributed by atoms with van der Waals surface area (Å²) in [5, 5.41) is 11.7. The molecular weight excluding hydrogens is 276 g/mol. The Morgan fingerprint density at radius 2 is 1.73 bits per heavy atom. The first-order valence-corrected chi connectivity index (χ1v) is 7.18. The van der Waals surface area contributed by atoms with Gasteiger partial charge in [0.1, 0.15) is 18.1 Å². The summed E-state index contributed by atoms with van der Waals surface area (Å²) in [5.74, 6) is 1.51. The van der Waals surface area contributed by atoms with Crippen LogP contribution in [-0.4, -0.2) is 12.2 Å². The molecule has 112 valence electrons. The molecule has 0 radical (unpaired) electrons. The monoisotopic (exact) mass is 294 g/mol. The summed E-state index contributed by atoms with van der Waals surface area (Å²) < 4.78 is 11.1. The van der Waals surface area contributed by atoms with Gasteiger partial charge in [-0.1, -0.05) is 36.4 Å². The molecule has 22 heavy (non-hydrogen) atoms. The SMILES string of the molecule is COc1ccc2cc(OCc3ccccc3)c(CO)cc2c1. The van der Waals surface area contributed by atoms with E-state index in [0.29, 0.717) is 12.4 Å². The average Bonchev–Trinajstić information content (AvgIpc) is 2.59. The molecule has 0 heterocycles. The first kappa shape index (κ1) is 14.4. The van der Waals surface area contributed by atoms with E-state index in [-0.39, 0.29) is 6.61 Å². The third kappa shape index (κ3) is 3.05. The van der Waals surface area contributed by atoms with Crippen molar-refractivity contribution >= 4 is 10.8 Å². The molecule has 0 saturated carbocycles. The van der Waals surface area contributed by atoms with Gasteiger partial charge in [-0.15, -0.1) is 0 Å². The van der Waals surface area contributed by atoms with Crippen molar-refractivity contribution in [3.63, 3.8) is 0 Å². The first-order valence-electron chi connectivity index (χ1n) is 7.18. The van der Waals surface area contributed by atoms with Crippen molar-refractivity contribution in [2.75, 3.05) is 7.11 Å². The van der Waals surface area contributed by atoms with Gasteiger partial charge in [0.25, 0.3) is 0 Å². The fourth-order valence-electron chi connectivity index (χ4n) is 2.42. The van der Waals surface area contributed by atoms with Gasteiger partial charge in [-0.2, -0.15) is 0 Å². The molecule has 0 aromatic heterocycles. The van der Waals surface area contributed by atoms with Gasteiger partial charge in [-0.25, -0.2) is 0 Å². The number of ether oxygens (including phenoxy) is 2. The fourth-order valence-corrected chi connectivity index (χ4v) is 2.42. The van der Waals surface area contributed by atoms with Crippen molar-refractivity contribution < 1.29 is 14.6 Å². The number of benzene rings is 3. The fraction of sp³-hybridized carbons (Fsp3) is 0.158. The maximum Gasteiger partial charge on any atom is 0.125 e. The molecule has 0 saturated heterocycles. The van der Waals surface area contributed by atoms with Gasteiger partial charge in [0.2, 0.25) is 0 Å². The predicted octanol–water partition coefficient (Wildman–Crippen LogP) is 3.92. The molecule has 0 atom stereocenters. The smallest absolute Gasteiger partial charge is 0.125 e. The highest BCUT2D eigenvalue weighted by molar-refractivity contribution is 5.86. The molecule has 3 rings (SSSR count). The van der Waals surface area contributed by atoms with Crippen molar-refractivity contribution in [3.8, 4) is 11.5 Å². The molecular formula is C19H18O3. The third-order valence-corrected chi connectivity index (χ3v) is 3.63. The summed E-state index contributed by atoms with van der Waals surface area (Å²) in [6, 6.07) is 19.8. The zero-order valence-electron chi connectivity index (χ0n) is 12.5. The van der Waals surface area contributed by atoms with Gasteiger partial charge in [0.15, 0.2) is 0 Å². The maximum absolute atomic E-state index is 9.59. The Hall–Kier alpha value is -2.52. The second-order valence-corrected chi connectivity index (χ2v) is 5.11. The molecule has 3 aromatic rings. The van der Waals surface area contributed by atoms with Crippen molar-refractivity contribution in [2.24, 2.45) is 0 Å². The maximum atomic E-state index is 9.59. The number of methoxy groups -OCH3 is 1. The second-order valence-electron chi connectivity index (χ2n) is 5.11. The molecule has 0 aliphatic heterocycles. The van der Waals surface area contributed by atoms with E-state index in [0.717, 1.165) is 27.6 Å². The van der Waals surface area contributed by atoms with Crippen LogP contribution in [-0.2, 0) is 13.2 Å². The predicted molar refractivity (Wildman–Crippen MR) is 87.2 cm³/mol. The van der Waals surface area contributed by atoms with Crippen LogP contribution in [0.3, 0.4) is 0 Å². The Kier molecular flexibility index (Phi) is 4.26. The van der Waals surface area contributed by atoms with E-state index in [1.165, 1.54) is 0 Å². The number of hydrogen-bond acceptors (Lipinski definition) is 3. The van der Waals surface area contributed by atoms with Crippen LogP contribution in [0.5, 0.6) is 11.5 Å². The highest BCUT2D eigenvalue weighted by Gasteiger charge is 2.07. The van der Waals surface area contributed by atoms with Crippen molar-refractivity contribution in [2.45, 2.75) is 13.2 Å². The zero-order chi connectivity index (χ0) is 15.4. The molecule has 3 heteroatoms. The van der Waals surface area contributed by atoms with Crippen LogP contribution in [0.4, 0.5) is 0 Å². The Balaban J connectivity index is 1.91. The van der Waals surface area contributed by atoms with E-state index in [1.54, 1.807) is 7.11 Å². The quantitative estimate of drug-likeness (QED) is 0.775. The minimum atomic E-state index is -0.0583. The van der Waals surface area contributed by atoms with Crippen LogP contribution >= 0.6 is 0 Å². The normalized spacial score (nSPS) is 10.6. The Labute approximate surface area is 129 Å². The summed E-state index contributed by atoms with van der Waals surface area (Å²) in [6.45, 7) is 0.423. The van der Waals surface area contributed by atoms with Gasteiger partial charge in [-0.3, -0.25) is 0 Å². The number of fused-ring (bicyclic) bond motifs is 1. The zero-order valence-corrected chi connectivity index (χ0v) is 12.5. The van der Waals surface area contributed by atoms with Crippen molar-refractivity contribution in [1.82, 2.24) is 0 Å². The molecule has 3 nitrogen and oxygen atoms in total. The minimum absolute atomic E-state index is 0.0583. The summed E-state index contributed by atoms with van der Waals surface area (Å²) in [5.41, 5.74) is 1.87. The first-order chi connectivity index (χ1) is 10.8. The van der Waals surface area contributed by atoms with Gasteiger partial charge >= 0.3 is 0 Å². The van der Waals surface area contributed by atoms with Gasteiger partial charge < -0.3 is 14.6 Å². The van der Waals surface area contributed by atoms with Crippen LogP contribution in [0.1, 0.15) is 11.1 Å². The molecule has 0 aliphatic carbocycles. The third-order valence-electron chi connectivity index (χ3n) is 3.63. The Morgan fingerprint density at radius 1 is 0.909 bits per heavy atom. The van der Waals surface area contributed by atoms with Crippen LogP contribution in [0.2, 0.25) is 0 Å².